The topological polar surface area (TPSA) is 62.4 Å². The maximum absolute atomic E-state index is 11.8. The first-order valence-corrected chi connectivity index (χ1v) is 6.20. The fourth-order valence-electron chi connectivity index (χ4n) is 2.02. The number of benzene rings is 1. The molecule has 98 valence electrons. The molecule has 1 aromatic rings. The van der Waals surface area contributed by atoms with Crippen molar-refractivity contribution in [2.24, 2.45) is 0 Å². The second-order valence-corrected chi connectivity index (χ2v) is 4.35. The molecule has 0 unspecified atom stereocenters. The highest BCUT2D eigenvalue weighted by atomic mass is 16.5. The van der Waals surface area contributed by atoms with Crippen LogP contribution >= 0.6 is 0 Å². The van der Waals surface area contributed by atoms with Crippen LogP contribution in [0.2, 0.25) is 0 Å². The molecule has 1 heterocycles. The summed E-state index contributed by atoms with van der Waals surface area (Å²) >= 11 is 0. The summed E-state index contributed by atoms with van der Waals surface area (Å²) in [6, 6.07) is 7.42. The van der Waals surface area contributed by atoms with Gasteiger partial charge in [-0.3, -0.25) is 0 Å². The van der Waals surface area contributed by atoms with Crippen LogP contribution in [-0.4, -0.2) is 32.3 Å². The summed E-state index contributed by atoms with van der Waals surface area (Å²) in [7, 11) is 1.61. The number of piperidine rings is 1. The van der Waals surface area contributed by atoms with E-state index in [1.807, 2.05) is 18.2 Å². The van der Waals surface area contributed by atoms with E-state index in [-0.39, 0.29) is 12.1 Å². The van der Waals surface area contributed by atoms with Crippen LogP contribution in [0.5, 0.6) is 5.75 Å². The van der Waals surface area contributed by atoms with Gasteiger partial charge in [0.1, 0.15) is 5.75 Å². The minimum absolute atomic E-state index is 0.157. The summed E-state index contributed by atoms with van der Waals surface area (Å²) < 4.78 is 5.11. The van der Waals surface area contributed by atoms with Crippen molar-refractivity contribution in [3.8, 4) is 5.75 Å². The number of nitrogens with one attached hydrogen (secondary N) is 3. The molecule has 1 aliphatic rings. The second kappa shape index (κ2) is 6.26. The van der Waals surface area contributed by atoms with Gasteiger partial charge in [0.2, 0.25) is 0 Å². The first kappa shape index (κ1) is 12.7. The van der Waals surface area contributed by atoms with Gasteiger partial charge < -0.3 is 20.7 Å². The molecule has 0 aliphatic carbocycles. The van der Waals surface area contributed by atoms with Gasteiger partial charge in [0.05, 0.1) is 7.11 Å². The van der Waals surface area contributed by atoms with Gasteiger partial charge in [0.15, 0.2) is 0 Å². The van der Waals surface area contributed by atoms with E-state index in [1.165, 1.54) is 0 Å². The Labute approximate surface area is 107 Å². The zero-order valence-electron chi connectivity index (χ0n) is 10.5. The van der Waals surface area contributed by atoms with Crippen molar-refractivity contribution in [2.75, 3.05) is 25.5 Å². The fourth-order valence-corrected chi connectivity index (χ4v) is 2.02. The van der Waals surface area contributed by atoms with Crippen LogP contribution in [0.15, 0.2) is 24.3 Å². The summed E-state index contributed by atoms with van der Waals surface area (Å²) in [5.74, 6) is 0.731. The van der Waals surface area contributed by atoms with E-state index >= 15 is 0 Å². The molecule has 0 saturated carbocycles. The Kier molecular flexibility index (Phi) is 4.41. The van der Waals surface area contributed by atoms with Crippen LogP contribution in [0.1, 0.15) is 12.8 Å². The molecule has 2 amide bonds. The molecular weight excluding hydrogens is 230 g/mol. The quantitative estimate of drug-likeness (QED) is 0.762. The molecule has 1 saturated heterocycles. The maximum Gasteiger partial charge on any atom is 0.319 e. The van der Waals surface area contributed by atoms with Gasteiger partial charge in [-0.1, -0.05) is 6.07 Å². The van der Waals surface area contributed by atoms with E-state index in [2.05, 4.69) is 16.0 Å². The SMILES string of the molecule is COc1cccc(NC(=O)NC2CCNCC2)c1. The molecule has 0 bridgehead atoms. The molecule has 0 radical (unpaired) electrons. The molecule has 1 aromatic carbocycles. The van der Waals surface area contributed by atoms with Crippen molar-refractivity contribution in [3.63, 3.8) is 0 Å². The Morgan fingerprint density at radius 2 is 2.17 bits per heavy atom. The molecule has 0 aromatic heterocycles. The third-order valence-corrected chi connectivity index (χ3v) is 3.00. The number of methoxy groups -OCH3 is 1. The lowest BCUT2D eigenvalue weighted by Gasteiger charge is -2.23. The van der Waals surface area contributed by atoms with Crippen molar-refractivity contribution >= 4 is 11.7 Å². The molecule has 18 heavy (non-hydrogen) atoms. The number of rotatable bonds is 3. The van der Waals surface area contributed by atoms with E-state index in [1.54, 1.807) is 13.2 Å². The first-order chi connectivity index (χ1) is 8.78. The fraction of sp³-hybridized carbons (Fsp3) is 0.462. The average Bonchev–Trinajstić information content (AvgIpc) is 2.40. The third kappa shape index (κ3) is 3.63. The lowest BCUT2D eigenvalue weighted by atomic mass is 10.1. The van der Waals surface area contributed by atoms with Gasteiger partial charge in [0, 0.05) is 17.8 Å². The molecular formula is C13H19N3O2. The minimum atomic E-state index is -0.157. The van der Waals surface area contributed by atoms with Gasteiger partial charge >= 0.3 is 6.03 Å². The molecule has 1 aliphatic heterocycles. The molecule has 1 fully saturated rings. The van der Waals surface area contributed by atoms with Gasteiger partial charge in [-0.2, -0.15) is 0 Å². The highest BCUT2D eigenvalue weighted by Crippen LogP contribution is 2.16. The Morgan fingerprint density at radius 3 is 2.89 bits per heavy atom. The predicted molar refractivity (Wildman–Crippen MR) is 71.0 cm³/mol. The summed E-state index contributed by atoms with van der Waals surface area (Å²) in [5.41, 5.74) is 0.737. The third-order valence-electron chi connectivity index (χ3n) is 3.00. The maximum atomic E-state index is 11.8. The number of hydrogen-bond acceptors (Lipinski definition) is 3. The first-order valence-electron chi connectivity index (χ1n) is 6.20. The number of amides is 2. The van der Waals surface area contributed by atoms with Crippen LogP contribution in [0.4, 0.5) is 10.5 Å². The van der Waals surface area contributed by atoms with E-state index < -0.39 is 0 Å². The van der Waals surface area contributed by atoms with Crippen LogP contribution in [0, 0.1) is 0 Å². The second-order valence-electron chi connectivity index (χ2n) is 4.35. The number of anilines is 1. The molecule has 2 rings (SSSR count). The van der Waals surface area contributed by atoms with Crippen molar-refractivity contribution in [1.29, 1.82) is 0 Å². The molecule has 0 atom stereocenters. The summed E-state index contributed by atoms with van der Waals surface area (Å²) in [4.78, 5) is 11.8. The standard InChI is InChI=1S/C13H19N3O2/c1-18-12-4-2-3-11(9-12)16-13(17)15-10-5-7-14-8-6-10/h2-4,9-10,14H,5-8H2,1H3,(H2,15,16,17). The monoisotopic (exact) mass is 249 g/mol. The number of hydrogen-bond donors (Lipinski definition) is 3. The van der Waals surface area contributed by atoms with Gasteiger partial charge in [-0.15, -0.1) is 0 Å². The Bertz CT molecular complexity index is 403. The lowest BCUT2D eigenvalue weighted by molar-refractivity contribution is 0.245. The Morgan fingerprint density at radius 1 is 1.39 bits per heavy atom. The normalized spacial score (nSPS) is 16.1. The van der Waals surface area contributed by atoms with Gasteiger partial charge in [-0.05, 0) is 38.1 Å². The molecule has 5 nitrogen and oxygen atoms in total. The summed E-state index contributed by atoms with van der Waals surface area (Å²) in [5, 5.41) is 9.05. The zero-order valence-corrected chi connectivity index (χ0v) is 10.5. The summed E-state index contributed by atoms with van der Waals surface area (Å²) in [6.07, 6.45) is 1.96. The largest absolute Gasteiger partial charge is 0.497 e. The molecule has 5 heteroatoms. The van der Waals surface area contributed by atoms with Crippen molar-refractivity contribution in [2.45, 2.75) is 18.9 Å². The number of carbonyl (C=O) groups excluding carboxylic acids is 1. The number of carbonyl (C=O) groups is 1. The van der Waals surface area contributed by atoms with Crippen molar-refractivity contribution in [3.05, 3.63) is 24.3 Å². The van der Waals surface area contributed by atoms with E-state index in [0.29, 0.717) is 0 Å². The Hall–Kier alpha value is -1.75. The van der Waals surface area contributed by atoms with E-state index in [9.17, 15) is 4.79 Å². The van der Waals surface area contributed by atoms with Crippen LogP contribution in [0.25, 0.3) is 0 Å². The van der Waals surface area contributed by atoms with Crippen molar-refractivity contribution in [1.82, 2.24) is 10.6 Å². The van der Waals surface area contributed by atoms with Crippen LogP contribution < -0.4 is 20.7 Å². The van der Waals surface area contributed by atoms with E-state index in [4.69, 9.17) is 4.74 Å². The van der Waals surface area contributed by atoms with Crippen LogP contribution in [0.3, 0.4) is 0 Å². The van der Waals surface area contributed by atoms with E-state index in [0.717, 1.165) is 37.4 Å². The van der Waals surface area contributed by atoms with Crippen LogP contribution in [-0.2, 0) is 0 Å². The Balaban J connectivity index is 1.85. The number of ether oxygens (including phenoxy) is 1. The molecule has 0 spiro atoms. The number of urea groups is 1. The zero-order chi connectivity index (χ0) is 12.8. The highest BCUT2D eigenvalue weighted by Gasteiger charge is 2.15. The molecule has 3 N–H and O–H groups in total. The predicted octanol–water partition coefficient (Wildman–Crippen LogP) is 1.57. The summed E-state index contributed by atoms with van der Waals surface area (Å²) in [6.45, 7) is 1.92. The smallest absolute Gasteiger partial charge is 0.319 e. The van der Waals surface area contributed by atoms with Crippen molar-refractivity contribution < 1.29 is 9.53 Å². The average molecular weight is 249 g/mol. The minimum Gasteiger partial charge on any atom is -0.497 e. The lowest BCUT2D eigenvalue weighted by Crippen LogP contribution is -2.44. The van der Waals surface area contributed by atoms with Gasteiger partial charge in [0.25, 0.3) is 0 Å². The van der Waals surface area contributed by atoms with Gasteiger partial charge in [-0.25, -0.2) is 4.79 Å². The highest BCUT2D eigenvalue weighted by molar-refractivity contribution is 5.89.